The summed E-state index contributed by atoms with van der Waals surface area (Å²) >= 11 is 0. The average Bonchev–Trinajstić information content (AvgIpc) is 3.68. The second-order valence-corrected chi connectivity index (χ2v) is 12.6. The van der Waals surface area contributed by atoms with E-state index in [9.17, 15) is 9.90 Å². The van der Waals surface area contributed by atoms with Crippen molar-refractivity contribution in [2.24, 2.45) is 11.8 Å². The van der Waals surface area contributed by atoms with E-state index in [4.69, 9.17) is 9.47 Å². The third kappa shape index (κ3) is 5.12. The molecule has 0 unspecified atom stereocenters. The molecule has 3 aliphatic heterocycles. The maximum absolute atomic E-state index is 11.9. The van der Waals surface area contributed by atoms with Crippen molar-refractivity contribution in [1.82, 2.24) is 9.88 Å². The summed E-state index contributed by atoms with van der Waals surface area (Å²) in [5.41, 5.74) is 7.23. The van der Waals surface area contributed by atoms with E-state index in [1.165, 1.54) is 47.9 Å². The van der Waals surface area contributed by atoms with E-state index in [1.807, 2.05) is 19.2 Å². The molecule has 0 amide bonds. The molecule has 4 aliphatic rings. The van der Waals surface area contributed by atoms with E-state index >= 15 is 0 Å². The molecule has 2 bridgehead atoms. The van der Waals surface area contributed by atoms with Gasteiger partial charge < -0.3 is 14.6 Å². The molecule has 7 rings (SSSR count). The lowest BCUT2D eigenvalue weighted by Gasteiger charge is -2.30. The minimum absolute atomic E-state index is 0.0240. The highest BCUT2D eigenvalue weighted by molar-refractivity contribution is 5.71. The lowest BCUT2D eigenvalue weighted by atomic mass is 9.82. The van der Waals surface area contributed by atoms with Gasteiger partial charge in [-0.2, -0.15) is 0 Å². The Labute approximate surface area is 242 Å². The molecule has 41 heavy (non-hydrogen) atoms. The molecular weight excluding hydrogens is 512 g/mol. The van der Waals surface area contributed by atoms with Gasteiger partial charge in [0.25, 0.3) is 0 Å². The van der Waals surface area contributed by atoms with Crippen molar-refractivity contribution in [1.29, 1.82) is 0 Å². The van der Waals surface area contributed by atoms with Crippen molar-refractivity contribution in [3.05, 3.63) is 77.0 Å². The van der Waals surface area contributed by atoms with Crippen LogP contribution < -0.4 is 9.47 Å². The minimum atomic E-state index is -0.718. The number of methoxy groups -OCH3 is 1. The molecule has 1 aromatic heterocycles. The highest BCUT2D eigenvalue weighted by atomic mass is 16.5. The number of benzene rings is 2. The number of ether oxygens (including phenoxy) is 2. The van der Waals surface area contributed by atoms with Gasteiger partial charge in [-0.05, 0) is 109 Å². The standard InChI is InChI=1S/C35H40N2O4/c1-21(35(38)39)34(23-4-5-23)26-6-3-22-8-14-31(41-32(22)18-26)25-7-13-30(24-15-16-36-33(19-24)40-2)27(17-25)20-37-28-9-10-29(37)12-11-28/h3,6-7,13,15-19,21,23,28-29,31,34H,4-5,8-12,14,20H2,1-2H3,(H,38,39)/t21-,28-,29+,31-,34-/m0/s1. The second kappa shape index (κ2) is 10.8. The van der Waals surface area contributed by atoms with Crippen molar-refractivity contribution in [3.8, 4) is 22.8 Å². The number of nitrogens with zero attached hydrogens (tertiary/aromatic N) is 2. The number of carbonyl (C=O) groups is 1. The quantitative estimate of drug-likeness (QED) is 0.304. The summed E-state index contributed by atoms with van der Waals surface area (Å²) in [6.07, 6.45) is 11.2. The zero-order valence-corrected chi connectivity index (χ0v) is 24.1. The molecule has 214 valence electrons. The molecular formula is C35H40N2O4. The Morgan fingerprint density at radius 1 is 1.02 bits per heavy atom. The van der Waals surface area contributed by atoms with Crippen LogP contribution in [0.2, 0.25) is 0 Å². The van der Waals surface area contributed by atoms with E-state index in [0.29, 0.717) is 23.9 Å². The number of hydrogen-bond acceptors (Lipinski definition) is 5. The van der Waals surface area contributed by atoms with E-state index in [1.54, 1.807) is 7.11 Å². The van der Waals surface area contributed by atoms with Crippen LogP contribution in [0.15, 0.2) is 54.7 Å². The van der Waals surface area contributed by atoms with Crippen molar-refractivity contribution >= 4 is 5.97 Å². The summed E-state index contributed by atoms with van der Waals surface area (Å²) in [5.74, 6) is 0.932. The third-order valence-corrected chi connectivity index (χ3v) is 10.2. The van der Waals surface area contributed by atoms with E-state index in [2.05, 4.69) is 52.3 Å². The Balaban J connectivity index is 1.20. The van der Waals surface area contributed by atoms with Crippen molar-refractivity contribution in [2.75, 3.05) is 7.11 Å². The van der Waals surface area contributed by atoms with Gasteiger partial charge in [0.2, 0.25) is 5.88 Å². The molecule has 1 saturated carbocycles. The van der Waals surface area contributed by atoms with Crippen molar-refractivity contribution in [3.63, 3.8) is 0 Å². The molecule has 6 nitrogen and oxygen atoms in total. The number of aromatic nitrogens is 1. The first-order chi connectivity index (χ1) is 20.0. The van der Waals surface area contributed by atoms with Crippen LogP contribution in [0.3, 0.4) is 0 Å². The topological polar surface area (TPSA) is 71.9 Å². The minimum Gasteiger partial charge on any atom is -0.485 e. The molecule has 2 aromatic carbocycles. The fourth-order valence-electron chi connectivity index (χ4n) is 7.80. The van der Waals surface area contributed by atoms with Gasteiger partial charge in [0, 0.05) is 30.9 Å². The number of hydrogen-bond donors (Lipinski definition) is 1. The Hall–Kier alpha value is -3.38. The van der Waals surface area contributed by atoms with Crippen LogP contribution in [-0.4, -0.2) is 40.2 Å². The molecule has 3 aromatic rings. The number of carboxylic acid groups (broad SMARTS) is 1. The first-order valence-electron chi connectivity index (χ1n) is 15.4. The van der Waals surface area contributed by atoms with Crippen LogP contribution in [-0.2, 0) is 17.8 Å². The molecule has 6 heteroatoms. The summed E-state index contributed by atoms with van der Waals surface area (Å²) in [7, 11) is 1.66. The van der Waals surface area contributed by atoms with Crippen LogP contribution in [0.1, 0.15) is 86.1 Å². The summed E-state index contributed by atoms with van der Waals surface area (Å²) in [6.45, 7) is 2.80. The molecule has 4 heterocycles. The van der Waals surface area contributed by atoms with Crippen LogP contribution in [0.5, 0.6) is 11.6 Å². The van der Waals surface area contributed by atoms with Gasteiger partial charge in [-0.3, -0.25) is 9.69 Å². The van der Waals surface area contributed by atoms with E-state index in [-0.39, 0.29) is 12.0 Å². The predicted molar refractivity (Wildman–Crippen MR) is 158 cm³/mol. The average molecular weight is 553 g/mol. The summed E-state index contributed by atoms with van der Waals surface area (Å²) < 4.78 is 12.2. The highest BCUT2D eigenvalue weighted by Gasteiger charge is 2.40. The predicted octanol–water partition coefficient (Wildman–Crippen LogP) is 7.16. The van der Waals surface area contributed by atoms with Crippen molar-refractivity contribution in [2.45, 2.75) is 88.9 Å². The first-order valence-corrected chi connectivity index (χ1v) is 15.4. The number of aliphatic carboxylic acids is 1. The molecule has 3 fully saturated rings. The van der Waals surface area contributed by atoms with Gasteiger partial charge in [-0.25, -0.2) is 4.98 Å². The van der Waals surface area contributed by atoms with Gasteiger partial charge >= 0.3 is 5.97 Å². The SMILES string of the molecule is COc1cc(-c2ccc([C@@H]3CCc4ccc([C@H](C5CC5)[C@H](C)C(=O)O)cc4O3)cc2CN2[C@H]3CC[C@@H]2CC3)ccn1. The van der Waals surface area contributed by atoms with Gasteiger partial charge in [0.05, 0.1) is 13.0 Å². The molecule has 1 aliphatic carbocycles. The van der Waals surface area contributed by atoms with E-state index < -0.39 is 11.9 Å². The van der Waals surface area contributed by atoms with Crippen LogP contribution in [0.4, 0.5) is 0 Å². The Kier molecular flexibility index (Phi) is 6.98. The van der Waals surface area contributed by atoms with Gasteiger partial charge in [-0.1, -0.05) is 37.3 Å². The maximum atomic E-state index is 11.9. The lowest BCUT2D eigenvalue weighted by Crippen LogP contribution is -2.28. The maximum Gasteiger partial charge on any atom is 0.306 e. The van der Waals surface area contributed by atoms with E-state index in [0.717, 1.165) is 49.1 Å². The number of pyridine rings is 1. The van der Waals surface area contributed by atoms with Crippen LogP contribution in [0, 0.1) is 11.8 Å². The zero-order chi connectivity index (χ0) is 28.1. The van der Waals surface area contributed by atoms with Gasteiger partial charge in [-0.15, -0.1) is 0 Å². The van der Waals surface area contributed by atoms with Crippen LogP contribution in [0.25, 0.3) is 11.1 Å². The molecule has 1 N–H and O–H groups in total. The number of rotatable bonds is 9. The fraction of sp³-hybridized carbons (Fsp3) is 0.486. The normalized spacial score (nSPS) is 24.9. The molecule has 0 radical (unpaired) electrons. The summed E-state index contributed by atoms with van der Waals surface area (Å²) in [6, 6.07) is 18.8. The Bertz CT molecular complexity index is 1430. The largest absolute Gasteiger partial charge is 0.485 e. The smallest absolute Gasteiger partial charge is 0.306 e. The Morgan fingerprint density at radius 2 is 1.80 bits per heavy atom. The zero-order valence-electron chi connectivity index (χ0n) is 24.1. The number of fused-ring (bicyclic) bond motifs is 3. The molecule has 3 atom stereocenters. The highest BCUT2D eigenvalue weighted by Crippen LogP contribution is 2.48. The van der Waals surface area contributed by atoms with Gasteiger partial charge in [0.1, 0.15) is 11.9 Å². The molecule has 0 spiro atoms. The summed E-state index contributed by atoms with van der Waals surface area (Å²) in [4.78, 5) is 19.0. The van der Waals surface area contributed by atoms with Crippen molar-refractivity contribution < 1.29 is 19.4 Å². The monoisotopic (exact) mass is 552 g/mol. The third-order valence-electron chi connectivity index (χ3n) is 10.2. The number of carboxylic acids is 1. The second-order valence-electron chi connectivity index (χ2n) is 12.6. The van der Waals surface area contributed by atoms with Gasteiger partial charge in [0.15, 0.2) is 0 Å². The Morgan fingerprint density at radius 3 is 2.51 bits per heavy atom. The summed E-state index contributed by atoms with van der Waals surface area (Å²) in [5, 5.41) is 9.77. The fourth-order valence-corrected chi connectivity index (χ4v) is 7.80. The first kappa shape index (κ1) is 26.5. The van der Waals surface area contributed by atoms with Crippen LogP contribution >= 0.6 is 0 Å². The lowest BCUT2D eigenvalue weighted by molar-refractivity contribution is -0.142. The molecule has 2 saturated heterocycles. The number of aryl methyl sites for hydroxylation is 1.